The van der Waals surface area contributed by atoms with Gasteiger partial charge in [-0.2, -0.15) is 5.26 Å². The van der Waals surface area contributed by atoms with Crippen LogP contribution in [0.25, 0.3) is 0 Å². The van der Waals surface area contributed by atoms with Gasteiger partial charge in [-0.25, -0.2) is 4.39 Å². The van der Waals surface area contributed by atoms with Crippen molar-refractivity contribution >= 4 is 17.4 Å². The van der Waals surface area contributed by atoms with Crippen molar-refractivity contribution in [3.63, 3.8) is 0 Å². The molecule has 0 N–H and O–H groups in total. The van der Waals surface area contributed by atoms with Crippen LogP contribution in [0.3, 0.4) is 0 Å². The Morgan fingerprint density at radius 1 is 1.45 bits per heavy atom. The Hall–Kier alpha value is -1.40. The third-order valence-electron chi connectivity index (χ3n) is 4.01. The van der Waals surface area contributed by atoms with Crippen LogP contribution in [-0.2, 0) is 4.79 Å². The summed E-state index contributed by atoms with van der Waals surface area (Å²) in [7, 11) is 0. The summed E-state index contributed by atoms with van der Waals surface area (Å²) in [6, 6.07) is 6.11. The van der Waals surface area contributed by atoms with Gasteiger partial charge in [0.15, 0.2) is 5.78 Å². The van der Waals surface area contributed by atoms with Crippen LogP contribution >= 0.6 is 11.6 Å². The predicted octanol–water partition coefficient (Wildman–Crippen LogP) is 4.63. The maximum absolute atomic E-state index is 13.8. The number of Topliss-reactive ketones (excluding diaryl/α,β-unsaturated/α-hetero) is 1. The van der Waals surface area contributed by atoms with Crippen molar-refractivity contribution in [2.45, 2.75) is 44.4 Å². The minimum absolute atomic E-state index is 0.0214. The van der Waals surface area contributed by atoms with Crippen molar-refractivity contribution in [1.29, 1.82) is 5.26 Å². The molecule has 0 saturated heterocycles. The Morgan fingerprint density at radius 3 is 2.75 bits per heavy atom. The standard InChI is InChI=1S/C16H17ClFNO/c17-13-6-3-7-14(18)16(13)12(10-19)15(20)9-8-11-4-1-2-5-11/h3,6-7,11-12H,1-2,4-5,8-9H2. The van der Waals surface area contributed by atoms with Gasteiger partial charge in [0.2, 0.25) is 0 Å². The summed E-state index contributed by atoms with van der Waals surface area (Å²) in [5, 5.41) is 9.34. The van der Waals surface area contributed by atoms with E-state index >= 15 is 0 Å². The third kappa shape index (κ3) is 3.37. The molecule has 0 amide bonds. The Kier molecular flexibility index (Phi) is 5.14. The monoisotopic (exact) mass is 293 g/mol. The number of carbonyl (C=O) groups excluding carboxylic acids is 1. The van der Waals surface area contributed by atoms with Crippen LogP contribution in [0.1, 0.15) is 50.0 Å². The predicted molar refractivity (Wildman–Crippen MR) is 76.0 cm³/mol. The molecule has 1 unspecified atom stereocenters. The molecular formula is C16H17ClFNO. The smallest absolute Gasteiger partial charge is 0.154 e. The van der Waals surface area contributed by atoms with Crippen LogP contribution in [0.15, 0.2) is 18.2 Å². The normalized spacial score (nSPS) is 16.9. The number of carbonyl (C=O) groups is 1. The number of nitrogens with zero attached hydrogens (tertiary/aromatic N) is 1. The van der Waals surface area contributed by atoms with E-state index in [1.54, 1.807) is 0 Å². The zero-order chi connectivity index (χ0) is 14.5. The molecule has 1 aromatic rings. The maximum Gasteiger partial charge on any atom is 0.154 e. The van der Waals surface area contributed by atoms with E-state index in [9.17, 15) is 14.4 Å². The lowest BCUT2D eigenvalue weighted by Crippen LogP contribution is -2.14. The molecule has 2 rings (SSSR count). The molecule has 0 radical (unpaired) electrons. The van der Waals surface area contributed by atoms with Gasteiger partial charge in [0, 0.05) is 17.0 Å². The van der Waals surface area contributed by atoms with Gasteiger partial charge < -0.3 is 0 Å². The van der Waals surface area contributed by atoms with Crippen LogP contribution in [0.5, 0.6) is 0 Å². The lowest BCUT2D eigenvalue weighted by molar-refractivity contribution is -0.119. The minimum atomic E-state index is -1.09. The summed E-state index contributed by atoms with van der Waals surface area (Å²) >= 11 is 5.93. The lowest BCUT2D eigenvalue weighted by Gasteiger charge is -2.13. The van der Waals surface area contributed by atoms with Crippen molar-refractivity contribution < 1.29 is 9.18 Å². The van der Waals surface area contributed by atoms with Crippen LogP contribution in [0.4, 0.5) is 4.39 Å². The molecule has 0 heterocycles. The second kappa shape index (κ2) is 6.85. The Labute approximate surface area is 123 Å². The molecule has 0 aliphatic heterocycles. The molecule has 0 aromatic heterocycles. The first kappa shape index (κ1) is 15.0. The average molecular weight is 294 g/mol. The fourth-order valence-corrected chi connectivity index (χ4v) is 3.15. The largest absolute Gasteiger partial charge is 0.298 e. The molecule has 1 aliphatic carbocycles. The number of benzene rings is 1. The topological polar surface area (TPSA) is 40.9 Å². The first-order chi connectivity index (χ1) is 9.63. The highest BCUT2D eigenvalue weighted by Crippen LogP contribution is 2.32. The molecule has 0 bridgehead atoms. The van der Waals surface area contributed by atoms with Gasteiger partial charge in [0.1, 0.15) is 11.7 Å². The summed E-state index contributed by atoms with van der Waals surface area (Å²) in [5.74, 6) is -1.33. The van der Waals surface area contributed by atoms with Crippen LogP contribution in [0.2, 0.25) is 5.02 Å². The zero-order valence-corrected chi connectivity index (χ0v) is 12.0. The Bertz CT molecular complexity index is 512. The fourth-order valence-electron chi connectivity index (χ4n) is 2.87. The van der Waals surface area contributed by atoms with E-state index in [1.165, 1.54) is 31.0 Å². The highest BCUT2D eigenvalue weighted by molar-refractivity contribution is 6.31. The van der Waals surface area contributed by atoms with Gasteiger partial charge in [-0.1, -0.05) is 43.4 Å². The number of nitriles is 1. The summed E-state index contributed by atoms with van der Waals surface area (Å²) in [4.78, 5) is 12.2. The van der Waals surface area contributed by atoms with Crippen LogP contribution in [-0.4, -0.2) is 5.78 Å². The quantitative estimate of drug-likeness (QED) is 0.794. The van der Waals surface area contributed by atoms with E-state index in [0.717, 1.165) is 19.3 Å². The number of ketones is 1. The van der Waals surface area contributed by atoms with Crippen molar-refractivity contribution in [2.75, 3.05) is 0 Å². The van der Waals surface area contributed by atoms with Crippen LogP contribution in [0, 0.1) is 23.1 Å². The van der Waals surface area contributed by atoms with E-state index in [-0.39, 0.29) is 16.4 Å². The van der Waals surface area contributed by atoms with Gasteiger partial charge >= 0.3 is 0 Å². The third-order valence-corrected chi connectivity index (χ3v) is 4.34. The van der Waals surface area contributed by atoms with Crippen molar-refractivity contribution in [3.8, 4) is 6.07 Å². The molecule has 1 atom stereocenters. The average Bonchev–Trinajstić information content (AvgIpc) is 2.93. The van der Waals surface area contributed by atoms with Gasteiger partial charge in [-0.05, 0) is 24.5 Å². The Morgan fingerprint density at radius 2 is 2.15 bits per heavy atom. The first-order valence-electron chi connectivity index (χ1n) is 6.99. The van der Waals surface area contributed by atoms with E-state index in [2.05, 4.69) is 0 Å². The van der Waals surface area contributed by atoms with Gasteiger partial charge in [0.25, 0.3) is 0 Å². The zero-order valence-electron chi connectivity index (χ0n) is 11.2. The molecule has 20 heavy (non-hydrogen) atoms. The number of hydrogen-bond acceptors (Lipinski definition) is 2. The molecule has 2 nitrogen and oxygen atoms in total. The molecule has 1 aliphatic rings. The van der Waals surface area contributed by atoms with E-state index in [0.29, 0.717) is 12.3 Å². The molecule has 106 valence electrons. The van der Waals surface area contributed by atoms with E-state index < -0.39 is 11.7 Å². The maximum atomic E-state index is 13.8. The van der Waals surface area contributed by atoms with Crippen LogP contribution < -0.4 is 0 Å². The second-order valence-corrected chi connectivity index (χ2v) is 5.76. The summed E-state index contributed by atoms with van der Waals surface area (Å²) in [6.45, 7) is 0. The Balaban J connectivity index is 2.07. The molecule has 0 spiro atoms. The number of hydrogen-bond donors (Lipinski definition) is 0. The fraction of sp³-hybridized carbons (Fsp3) is 0.500. The molecule has 1 fully saturated rings. The van der Waals surface area contributed by atoms with Crippen molar-refractivity contribution in [2.24, 2.45) is 5.92 Å². The highest BCUT2D eigenvalue weighted by Gasteiger charge is 2.26. The van der Waals surface area contributed by atoms with Gasteiger partial charge in [-0.15, -0.1) is 0 Å². The van der Waals surface area contributed by atoms with E-state index in [1.807, 2.05) is 6.07 Å². The van der Waals surface area contributed by atoms with E-state index in [4.69, 9.17) is 11.6 Å². The number of halogens is 2. The molecule has 1 aromatic carbocycles. The summed E-state index contributed by atoms with van der Waals surface area (Å²) < 4.78 is 13.8. The van der Waals surface area contributed by atoms with Crippen molar-refractivity contribution in [3.05, 3.63) is 34.6 Å². The van der Waals surface area contributed by atoms with Crippen molar-refractivity contribution in [1.82, 2.24) is 0 Å². The summed E-state index contributed by atoms with van der Waals surface area (Å²) in [5.41, 5.74) is 0.0214. The summed E-state index contributed by atoms with van der Waals surface area (Å²) in [6.07, 6.45) is 5.88. The second-order valence-electron chi connectivity index (χ2n) is 5.35. The first-order valence-corrected chi connectivity index (χ1v) is 7.37. The molecule has 4 heteroatoms. The highest BCUT2D eigenvalue weighted by atomic mass is 35.5. The molecular weight excluding hydrogens is 277 g/mol. The minimum Gasteiger partial charge on any atom is -0.298 e. The van der Waals surface area contributed by atoms with Gasteiger partial charge in [0.05, 0.1) is 6.07 Å². The number of rotatable bonds is 5. The van der Waals surface area contributed by atoms with Gasteiger partial charge in [-0.3, -0.25) is 4.79 Å². The SMILES string of the molecule is N#CC(C(=O)CCC1CCCC1)c1c(F)cccc1Cl. The molecule has 1 saturated carbocycles. The lowest BCUT2D eigenvalue weighted by atomic mass is 9.90.